The van der Waals surface area contributed by atoms with Crippen molar-refractivity contribution in [3.63, 3.8) is 0 Å². The number of aryl methyl sites for hydroxylation is 1. The predicted octanol–water partition coefficient (Wildman–Crippen LogP) is 2.21. The molecule has 1 heterocycles. The number of aromatic nitrogens is 1. The highest BCUT2D eigenvalue weighted by atomic mass is 16.4. The lowest BCUT2D eigenvalue weighted by Gasteiger charge is -2.08. The van der Waals surface area contributed by atoms with Gasteiger partial charge in [-0.25, -0.2) is 9.78 Å². The third kappa shape index (κ3) is 2.05. The number of pyridine rings is 1. The fourth-order valence-electron chi connectivity index (χ4n) is 1.21. The predicted molar refractivity (Wildman–Crippen MR) is 50.0 cm³/mol. The van der Waals surface area contributed by atoms with Gasteiger partial charge in [0.1, 0.15) is 0 Å². The zero-order chi connectivity index (χ0) is 10.0. The molecule has 0 aliphatic carbocycles. The van der Waals surface area contributed by atoms with Gasteiger partial charge in [-0.05, 0) is 24.0 Å². The molecule has 0 amide bonds. The molecule has 1 rings (SSSR count). The highest BCUT2D eigenvalue weighted by Crippen LogP contribution is 2.18. The summed E-state index contributed by atoms with van der Waals surface area (Å²) in [5.74, 6) is -0.762. The second-order valence-corrected chi connectivity index (χ2v) is 3.41. The van der Waals surface area contributed by atoms with Crippen LogP contribution in [0.5, 0.6) is 0 Å². The van der Waals surface area contributed by atoms with E-state index in [0.717, 1.165) is 11.1 Å². The van der Waals surface area contributed by atoms with E-state index in [1.54, 1.807) is 6.20 Å². The molecule has 0 saturated carbocycles. The van der Waals surface area contributed by atoms with Crippen molar-refractivity contribution in [2.75, 3.05) is 0 Å². The van der Waals surface area contributed by atoms with Gasteiger partial charge in [-0.2, -0.15) is 0 Å². The average molecular weight is 179 g/mol. The zero-order valence-corrected chi connectivity index (χ0v) is 8.03. The van der Waals surface area contributed by atoms with E-state index in [4.69, 9.17) is 5.11 Å². The number of aromatic carboxylic acids is 1. The van der Waals surface area contributed by atoms with E-state index in [2.05, 4.69) is 4.98 Å². The van der Waals surface area contributed by atoms with Crippen LogP contribution < -0.4 is 0 Å². The Morgan fingerprint density at radius 3 is 2.62 bits per heavy atom. The SMILES string of the molecule is Cc1cnc(C(=O)O)c(C(C)C)c1. The van der Waals surface area contributed by atoms with Crippen LogP contribution in [0.25, 0.3) is 0 Å². The minimum Gasteiger partial charge on any atom is -0.477 e. The Bertz CT molecular complexity index is 332. The first-order valence-corrected chi connectivity index (χ1v) is 4.22. The Kier molecular flexibility index (Phi) is 2.66. The molecule has 0 unspecified atom stereocenters. The number of hydrogen-bond donors (Lipinski definition) is 1. The third-order valence-electron chi connectivity index (χ3n) is 1.88. The molecular weight excluding hydrogens is 166 g/mol. The van der Waals surface area contributed by atoms with Crippen molar-refractivity contribution in [2.45, 2.75) is 26.7 Å². The van der Waals surface area contributed by atoms with Crippen molar-refractivity contribution >= 4 is 5.97 Å². The maximum Gasteiger partial charge on any atom is 0.354 e. The Morgan fingerprint density at radius 2 is 2.15 bits per heavy atom. The van der Waals surface area contributed by atoms with Gasteiger partial charge >= 0.3 is 5.97 Å². The summed E-state index contributed by atoms with van der Waals surface area (Å²) >= 11 is 0. The van der Waals surface area contributed by atoms with Gasteiger partial charge in [-0.1, -0.05) is 19.9 Å². The van der Waals surface area contributed by atoms with E-state index < -0.39 is 5.97 Å². The Morgan fingerprint density at radius 1 is 1.54 bits per heavy atom. The number of nitrogens with zero attached hydrogens (tertiary/aromatic N) is 1. The maximum atomic E-state index is 10.8. The molecule has 0 atom stereocenters. The molecule has 1 aromatic heterocycles. The van der Waals surface area contributed by atoms with Gasteiger partial charge in [-0.3, -0.25) is 0 Å². The lowest BCUT2D eigenvalue weighted by Crippen LogP contribution is -2.07. The standard InChI is InChI=1S/C10H13NO2/c1-6(2)8-4-7(3)5-11-9(8)10(12)13/h4-6H,1-3H3,(H,12,13). The summed E-state index contributed by atoms with van der Waals surface area (Å²) in [6, 6.07) is 1.88. The lowest BCUT2D eigenvalue weighted by molar-refractivity contribution is 0.0688. The van der Waals surface area contributed by atoms with Crippen molar-refractivity contribution in [1.29, 1.82) is 0 Å². The van der Waals surface area contributed by atoms with Crippen molar-refractivity contribution < 1.29 is 9.90 Å². The van der Waals surface area contributed by atoms with Gasteiger partial charge < -0.3 is 5.11 Å². The molecule has 0 aliphatic heterocycles. The molecular formula is C10H13NO2. The first-order valence-electron chi connectivity index (χ1n) is 4.22. The molecule has 0 bridgehead atoms. The average Bonchev–Trinajstić information content (AvgIpc) is 2.03. The second-order valence-electron chi connectivity index (χ2n) is 3.41. The summed E-state index contributed by atoms with van der Waals surface area (Å²) in [6.07, 6.45) is 1.58. The van der Waals surface area contributed by atoms with Crippen LogP contribution in [-0.4, -0.2) is 16.1 Å². The lowest BCUT2D eigenvalue weighted by atomic mass is 10.00. The van der Waals surface area contributed by atoms with Crippen LogP contribution in [0.2, 0.25) is 0 Å². The molecule has 70 valence electrons. The van der Waals surface area contributed by atoms with E-state index >= 15 is 0 Å². The van der Waals surface area contributed by atoms with E-state index in [1.807, 2.05) is 26.8 Å². The first-order chi connectivity index (χ1) is 6.02. The van der Waals surface area contributed by atoms with Crippen LogP contribution in [0.3, 0.4) is 0 Å². The summed E-state index contributed by atoms with van der Waals surface area (Å²) in [4.78, 5) is 14.7. The minimum atomic E-state index is -0.955. The maximum absolute atomic E-state index is 10.8. The molecule has 1 N–H and O–H groups in total. The fourth-order valence-corrected chi connectivity index (χ4v) is 1.21. The smallest absolute Gasteiger partial charge is 0.354 e. The molecule has 0 fully saturated rings. The Labute approximate surface area is 77.4 Å². The van der Waals surface area contributed by atoms with Gasteiger partial charge in [0.2, 0.25) is 0 Å². The van der Waals surface area contributed by atoms with Crippen molar-refractivity contribution in [1.82, 2.24) is 4.98 Å². The van der Waals surface area contributed by atoms with Crippen LogP contribution in [0, 0.1) is 6.92 Å². The quantitative estimate of drug-likeness (QED) is 0.757. The van der Waals surface area contributed by atoms with Crippen molar-refractivity contribution in [3.8, 4) is 0 Å². The fraction of sp³-hybridized carbons (Fsp3) is 0.400. The van der Waals surface area contributed by atoms with Crippen LogP contribution in [0.1, 0.15) is 41.4 Å². The van der Waals surface area contributed by atoms with Gasteiger partial charge in [0, 0.05) is 6.20 Å². The summed E-state index contributed by atoms with van der Waals surface area (Å²) in [7, 11) is 0. The van der Waals surface area contributed by atoms with Gasteiger partial charge in [0.05, 0.1) is 0 Å². The molecule has 0 spiro atoms. The summed E-state index contributed by atoms with van der Waals surface area (Å²) in [5.41, 5.74) is 1.96. The summed E-state index contributed by atoms with van der Waals surface area (Å²) in [5, 5.41) is 8.84. The minimum absolute atomic E-state index is 0.167. The molecule has 3 nitrogen and oxygen atoms in total. The molecule has 0 saturated heterocycles. The van der Waals surface area contributed by atoms with Crippen LogP contribution in [-0.2, 0) is 0 Å². The number of carboxylic acids is 1. The molecule has 0 radical (unpaired) electrons. The van der Waals surface area contributed by atoms with Crippen LogP contribution in [0.4, 0.5) is 0 Å². The Balaban J connectivity index is 3.26. The molecule has 3 heteroatoms. The van der Waals surface area contributed by atoms with E-state index in [1.165, 1.54) is 0 Å². The topological polar surface area (TPSA) is 50.2 Å². The molecule has 1 aromatic rings. The highest BCUT2D eigenvalue weighted by Gasteiger charge is 2.13. The highest BCUT2D eigenvalue weighted by molar-refractivity contribution is 5.87. The normalized spacial score (nSPS) is 10.5. The number of carbonyl (C=O) groups is 1. The summed E-state index contributed by atoms with van der Waals surface area (Å²) in [6.45, 7) is 5.83. The van der Waals surface area contributed by atoms with Crippen LogP contribution in [0.15, 0.2) is 12.3 Å². The molecule has 0 aliphatic rings. The molecule has 13 heavy (non-hydrogen) atoms. The monoisotopic (exact) mass is 179 g/mol. The first kappa shape index (κ1) is 9.71. The van der Waals surface area contributed by atoms with Crippen LogP contribution >= 0.6 is 0 Å². The van der Waals surface area contributed by atoms with Gasteiger partial charge in [0.25, 0.3) is 0 Å². The number of rotatable bonds is 2. The number of hydrogen-bond acceptors (Lipinski definition) is 2. The molecule has 0 aromatic carbocycles. The van der Waals surface area contributed by atoms with Crippen molar-refractivity contribution in [2.24, 2.45) is 0 Å². The van der Waals surface area contributed by atoms with Gasteiger partial charge in [0.15, 0.2) is 5.69 Å². The van der Waals surface area contributed by atoms with Gasteiger partial charge in [-0.15, -0.1) is 0 Å². The second kappa shape index (κ2) is 3.56. The third-order valence-corrected chi connectivity index (χ3v) is 1.88. The largest absolute Gasteiger partial charge is 0.477 e. The van der Waals surface area contributed by atoms with E-state index in [-0.39, 0.29) is 11.6 Å². The van der Waals surface area contributed by atoms with Crippen molar-refractivity contribution in [3.05, 3.63) is 29.1 Å². The Hall–Kier alpha value is -1.38. The summed E-state index contributed by atoms with van der Waals surface area (Å²) < 4.78 is 0. The van der Waals surface area contributed by atoms with E-state index in [0.29, 0.717) is 0 Å². The number of carboxylic acid groups (broad SMARTS) is 1. The van der Waals surface area contributed by atoms with E-state index in [9.17, 15) is 4.79 Å². The zero-order valence-electron chi connectivity index (χ0n) is 8.03.